The highest BCUT2D eigenvalue weighted by Gasteiger charge is 2.13. The minimum Gasteiger partial charge on any atom is -0.366 e. The Morgan fingerprint density at radius 1 is 1.50 bits per heavy atom. The molecule has 0 radical (unpaired) electrons. The minimum atomic E-state index is -0.418. The van der Waals surface area contributed by atoms with Gasteiger partial charge in [-0.3, -0.25) is 0 Å². The average molecular weight is 212 g/mol. The summed E-state index contributed by atoms with van der Waals surface area (Å²) in [7, 11) is 0. The summed E-state index contributed by atoms with van der Waals surface area (Å²) in [6, 6.07) is 5.30. The summed E-state index contributed by atoms with van der Waals surface area (Å²) in [5, 5.41) is 3.25. The number of nitrogens with zero attached hydrogens (tertiary/aromatic N) is 1. The highest BCUT2D eigenvalue weighted by Crippen LogP contribution is 2.19. The fourth-order valence-corrected chi connectivity index (χ4v) is 2.62. The quantitative estimate of drug-likeness (QED) is 0.762. The molecule has 1 aromatic rings. The zero-order chi connectivity index (χ0) is 9.80. The van der Waals surface area contributed by atoms with Crippen molar-refractivity contribution in [2.24, 2.45) is 0 Å². The van der Waals surface area contributed by atoms with Crippen molar-refractivity contribution in [3.8, 4) is 0 Å². The van der Waals surface area contributed by atoms with Crippen molar-refractivity contribution in [1.82, 2.24) is 4.98 Å². The first-order valence-electron chi connectivity index (χ1n) is 4.81. The van der Waals surface area contributed by atoms with E-state index in [2.05, 4.69) is 10.3 Å². The molecule has 1 aliphatic rings. The van der Waals surface area contributed by atoms with E-state index in [9.17, 15) is 4.39 Å². The molecular weight excluding hydrogens is 199 g/mol. The molecule has 1 unspecified atom stereocenters. The van der Waals surface area contributed by atoms with Gasteiger partial charge in [0.25, 0.3) is 0 Å². The van der Waals surface area contributed by atoms with Gasteiger partial charge in [-0.05, 0) is 30.7 Å². The number of rotatable bonds is 2. The second-order valence-electron chi connectivity index (χ2n) is 3.40. The molecule has 2 rings (SSSR count). The van der Waals surface area contributed by atoms with Gasteiger partial charge in [-0.15, -0.1) is 0 Å². The average Bonchev–Trinajstić information content (AvgIpc) is 2.19. The second kappa shape index (κ2) is 4.64. The molecule has 1 saturated heterocycles. The van der Waals surface area contributed by atoms with Crippen LogP contribution in [0.2, 0.25) is 0 Å². The van der Waals surface area contributed by atoms with E-state index in [4.69, 9.17) is 0 Å². The van der Waals surface area contributed by atoms with Crippen LogP contribution in [0.3, 0.4) is 0 Å². The lowest BCUT2D eigenvalue weighted by molar-refractivity contribution is 0.582. The topological polar surface area (TPSA) is 24.9 Å². The second-order valence-corrected chi connectivity index (χ2v) is 4.55. The summed E-state index contributed by atoms with van der Waals surface area (Å²) in [5.41, 5.74) is 0. The predicted octanol–water partition coefficient (Wildman–Crippen LogP) is 2.53. The summed E-state index contributed by atoms with van der Waals surface area (Å²) in [5.74, 6) is 2.57. The first kappa shape index (κ1) is 9.77. The van der Waals surface area contributed by atoms with Crippen molar-refractivity contribution in [1.29, 1.82) is 0 Å². The number of hydrogen-bond donors (Lipinski definition) is 1. The van der Waals surface area contributed by atoms with Gasteiger partial charge in [-0.2, -0.15) is 16.2 Å². The van der Waals surface area contributed by atoms with E-state index in [1.54, 1.807) is 6.07 Å². The Morgan fingerprint density at radius 3 is 3.14 bits per heavy atom. The maximum atomic E-state index is 12.8. The number of nitrogens with one attached hydrogen (secondary N) is 1. The number of anilines is 1. The van der Waals surface area contributed by atoms with E-state index in [1.807, 2.05) is 17.8 Å². The van der Waals surface area contributed by atoms with Crippen molar-refractivity contribution in [3.63, 3.8) is 0 Å². The molecule has 0 saturated carbocycles. The Labute approximate surface area is 87.3 Å². The Balaban J connectivity index is 1.95. The summed E-state index contributed by atoms with van der Waals surface area (Å²) >= 11 is 1.94. The van der Waals surface area contributed by atoms with Crippen LogP contribution in [-0.4, -0.2) is 22.5 Å². The molecule has 2 heterocycles. The van der Waals surface area contributed by atoms with Gasteiger partial charge in [-0.25, -0.2) is 4.98 Å². The van der Waals surface area contributed by atoms with Gasteiger partial charge in [0, 0.05) is 11.8 Å². The first-order chi connectivity index (χ1) is 6.84. The van der Waals surface area contributed by atoms with Crippen molar-refractivity contribution < 1.29 is 4.39 Å². The Bertz CT molecular complexity index is 300. The van der Waals surface area contributed by atoms with Gasteiger partial charge in [0.05, 0.1) is 0 Å². The zero-order valence-corrected chi connectivity index (χ0v) is 8.69. The monoisotopic (exact) mass is 212 g/mol. The largest absolute Gasteiger partial charge is 0.366 e. The van der Waals surface area contributed by atoms with E-state index in [0.717, 1.165) is 12.2 Å². The smallest absolute Gasteiger partial charge is 0.214 e. The zero-order valence-electron chi connectivity index (χ0n) is 7.87. The highest BCUT2D eigenvalue weighted by molar-refractivity contribution is 7.99. The van der Waals surface area contributed by atoms with Crippen LogP contribution in [0.1, 0.15) is 12.8 Å². The third kappa shape index (κ3) is 2.61. The predicted molar refractivity (Wildman–Crippen MR) is 58.2 cm³/mol. The molecule has 1 N–H and O–H groups in total. The van der Waals surface area contributed by atoms with Gasteiger partial charge in [-0.1, -0.05) is 6.07 Å². The molecule has 76 valence electrons. The Kier molecular flexibility index (Phi) is 3.24. The van der Waals surface area contributed by atoms with E-state index in [1.165, 1.54) is 18.2 Å². The normalized spacial score (nSPS) is 21.9. The molecule has 1 aliphatic heterocycles. The van der Waals surface area contributed by atoms with Gasteiger partial charge in [0.15, 0.2) is 0 Å². The van der Waals surface area contributed by atoms with Crippen LogP contribution >= 0.6 is 11.8 Å². The van der Waals surface area contributed by atoms with E-state index in [0.29, 0.717) is 11.9 Å². The maximum Gasteiger partial charge on any atom is 0.214 e. The molecule has 0 aliphatic carbocycles. The van der Waals surface area contributed by atoms with Crippen LogP contribution in [0.4, 0.5) is 10.2 Å². The van der Waals surface area contributed by atoms with Crippen molar-refractivity contribution >= 4 is 17.6 Å². The minimum absolute atomic E-state index is 0.418. The summed E-state index contributed by atoms with van der Waals surface area (Å²) in [4.78, 5) is 3.78. The van der Waals surface area contributed by atoms with Gasteiger partial charge < -0.3 is 5.32 Å². The van der Waals surface area contributed by atoms with Crippen LogP contribution < -0.4 is 5.32 Å². The van der Waals surface area contributed by atoms with Gasteiger partial charge in [0.1, 0.15) is 5.82 Å². The molecule has 0 spiro atoms. The van der Waals surface area contributed by atoms with Crippen LogP contribution in [0.15, 0.2) is 18.2 Å². The Morgan fingerprint density at radius 2 is 2.43 bits per heavy atom. The fourth-order valence-electron chi connectivity index (χ4n) is 1.55. The third-order valence-corrected chi connectivity index (χ3v) is 3.44. The maximum absolute atomic E-state index is 12.8. The number of halogens is 1. The van der Waals surface area contributed by atoms with E-state index < -0.39 is 5.95 Å². The molecule has 1 fully saturated rings. The number of thioether (sulfide) groups is 1. The summed E-state index contributed by atoms with van der Waals surface area (Å²) in [6.07, 6.45) is 2.39. The lowest BCUT2D eigenvalue weighted by Gasteiger charge is -2.22. The molecule has 0 aromatic carbocycles. The summed E-state index contributed by atoms with van der Waals surface area (Å²) in [6.45, 7) is 0. The van der Waals surface area contributed by atoms with Crippen LogP contribution in [0.25, 0.3) is 0 Å². The van der Waals surface area contributed by atoms with Crippen molar-refractivity contribution in [3.05, 3.63) is 24.1 Å². The molecule has 0 bridgehead atoms. The van der Waals surface area contributed by atoms with Crippen molar-refractivity contribution in [2.45, 2.75) is 18.9 Å². The SMILES string of the molecule is Fc1cccc(NC2CCCSC2)n1. The standard InChI is InChI=1S/C10H13FN2S/c11-9-4-1-5-10(13-9)12-8-3-2-6-14-7-8/h1,4-5,8H,2-3,6-7H2,(H,12,13). The van der Waals surface area contributed by atoms with E-state index in [-0.39, 0.29) is 0 Å². The fraction of sp³-hybridized carbons (Fsp3) is 0.500. The van der Waals surface area contributed by atoms with Gasteiger partial charge >= 0.3 is 0 Å². The van der Waals surface area contributed by atoms with Gasteiger partial charge in [0.2, 0.25) is 5.95 Å². The highest BCUT2D eigenvalue weighted by atomic mass is 32.2. The molecule has 2 nitrogen and oxygen atoms in total. The molecule has 1 aromatic heterocycles. The van der Waals surface area contributed by atoms with Crippen molar-refractivity contribution in [2.75, 3.05) is 16.8 Å². The molecule has 1 atom stereocenters. The van der Waals surface area contributed by atoms with Crippen LogP contribution in [-0.2, 0) is 0 Å². The number of aromatic nitrogens is 1. The van der Waals surface area contributed by atoms with E-state index >= 15 is 0 Å². The van der Waals surface area contributed by atoms with Crippen LogP contribution in [0.5, 0.6) is 0 Å². The van der Waals surface area contributed by atoms with Crippen LogP contribution in [0, 0.1) is 5.95 Å². The third-order valence-electron chi connectivity index (χ3n) is 2.23. The Hall–Kier alpha value is -0.770. The lowest BCUT2D eigenvalue weighted by atomic mass is 10.2. The number of pyridine rings is 1. The molecule has 4 heteroatoms. The first-order valence-corrected chi connectivity index (χ1v) is 5.97. The summed E-state index contributed by atoms with van der Waals surface area (Å²) < 4.78 is 12.8. The lowest BCUT2D eigenvalue weighted by Crippen LogP contribution is -2.26. The molecule has 14 heavy (non-hydrogen) atoms. The number of hydrogen-bond acceptors (Lipinski definition) is 3. The molecule has 0 amide bonds. The molecular formula is C10H13FN2S.